The van der Waals surface area contributed by atoms with E-state index in [0.29, 0.717) is 11.5 Å². The van der Waals surface area contributed by atoms with E-state index in [1.165, 1.54) is 25.1 Å². The highest BCUT2D eigenvalue weighted by molar-refractivity contribution is 5.97. The predicted octanol–water partition coefficient (Wildman–Crippen LogP) is 1.76. The third-order valence-corrected chi connectivity index (χ3v) is 3.96. The number of rotatable bonds is 6. The molecule has 0 fully saturated rings. The first-order valence-electron chi connectivity index (χ1n) is 8.15. The molecule has 0 unspecified atom stereocenters. The Hall–Kier alpha value is -3.62. The molecule has 1 heterocycles. The fourth-order valence-electron chi connectivity index (χ4n) is 2.50. The van der Waals surface area contributed by atoms with Gasteiger partial charge in [0.1, 0.15) is 6.04 Å². The number of benzene rings is 2. The highest BCUT2D eigenvalue weighted by Gasteiger charge is 2.19. The van der Waals surface area contributed by atoms with Crippen molar-refractivity contribution in [3.63, 3.8) is 0 Å². The van der Waals surface area contributed by atoms with Crippen LogP contribution in [0.15, 0.2) is 42.5 Å². The molecule has 0 aliphatic carbocycles. The van der Waals surface area contributed by atoms with Crippen LogP contribution in [0.3, 0.4) is 0 Å². The molecular formula is C18H17N3O6. The number of nitro benzene ring substituents is 1. The van der Waals surface area contributed by atoms with Crippen LogP contribution in [-0.4, -0.2) is 29.6 Å². The molecule has 0 aromatic heterocycles. The molecule has 2 aromatic rings. The average molecular weight is 371 g/mol. The summed E-state index contributed by atoms with van der Waals surface area (Å²) in [6, 6.07) is 9.83. The molecule has 9 nitrogen and oxygen atoms in total. The van der Waals surface area contributed by atoms with Crippen LogP contribution in [0.1, 0.15) is 22.8 Å². The second-order valence-electron chi connectivity index (χ2n) is 5.91. The number of hydrogen-bond acceptors (Lipinski definition) is 6. The van der Waals surface area contributed by atoms with Gasteiger partial charge in [-0.1, -0.05) is 12.1 Å². The fourth-order valence-corrected chi connectivity index (χ4v) is 2.50. The highest BCUT2D eigenvalue weighted by Crippen LogP contribution is 2.32. The Kier molecular flexibility index (Phi) is 5.20. The number of nitro groups is 1. The van der Waals surface area contributed by atoms with Crippen LogP contribution in [0.25, 0.3) is 0 Å². The largest absolute Gasteiger partial charge is 0.454 e. The van der Waals surface area contributed by atoms with Gasteiger partial charge in [-0.3, -0.25) is 19.7 Å². The number of nitrogens with one attached hydrogen (secondary N) is 2. The first-order chi connectivity index (χ1) is 12.9. The molecule has 140 valence electrons. The van der Waals surface area contributed by atoms with Crippen molar-refractivity contribution >= 4 is 17.5 Å². The SMILES string of the molecule is C[C@H](NC(=O)c1cccc([N+](=O)[O-])c1)C(=O)NCc1ccc2c(c1)OCO2. The summed E-state index contributed by atoms with van der Waals surface area (Å²) in [6.45, 7) is 1.96. The zero-order chi connectivity index (χ0) is 19.4. The maximum absolute atomic E-state index is 12.2. The molecule has 9 heteroatoms. The van der Waals surface area contributed by atoms with Crippen molar-refractivity contribution < 1.29 is 24.0 Å². The molecule has 2 N–H and O–H groups in total. The Morgan fingerprint density at radius 2 is 1.96 bits per heavy atom. The number of hydrogen-bond donors (Lipinski definition) is 2. The summed E-state index contributed by atoms with van der Waals surface area (Å²) in [5.41, 5.74) is 0.743. The third-order valence-electron chi connectivity index (χ3n) is 3.96. The van der Waals surface area contributed by atoms with Crippen LogP contribution in [0.2, 0.25) is 0 Å². The van der Waals surface area contributed by atoms with Gasteiger partial charge in [0.2, 0.25) is 12.7 Å². The lowest BCUT2D eigenvalue weighted by Gasteiger charge is -2.14. The Bertz CT molecular complexity index is 898. The zero-order valence-corrected chi connectivity index (χ0v) is 14.4. The van der Waals surface area contributed by atoms with Crippen molar-refractivity contribution in [2.75, 3.05) is 6.79 Å². The molecule has 1 atom stereocenters. The van der Waals surface area contributed by atoms with Crippen molar-refractivity contribution in [2.24, 2.45) is 0 Å². The minimum absolute atomic E-state index is 0.111. The fraction of sp³-hybridized carbons (Fsp3) is 0.222. The molecule has 27 heavy (non-hydrogen) atoms. The van der Waals surface area contributed by atoms with Crippen LogP contribution in [0.4, 0.5) is 5.69 Å². The second kappa shape index (κ2) is 7.73. The van der Waals surface area contributed by atoms with E-state index in [9.17, 15) is 19.7 Å². The first kappa shape index (κ1) is 18.2. The van der Waals surface area contributed by atoms with E-state index in [2.05, 4.69) is 10.6 Å². The van der Waals surface area contributed by atoms with E-state index in [4.69, 9.17) is 9.47 Å². The van der Waals surface area contributed by atoms with Gasteiger partial charge in [0.15, 0.2) is 11.5 Å². The lowest BCUT2D eigenvalue weighted by atomic mass is 10.1. The molecule has 3 rings (SSSR count). The summed E-state index contributed by atoms with van der Waals surface area (Å²) in [7, 11) is 0. The van der Waals surface area contributed by atoms with E-state index >= 15 is 0 Å². The Morgan fingerprint density at radius 1 is 1.19 bits per heavy atom. The van der Waals surface area contributed by atoms with E-state index in [0.717, 1.165) is 11.6 Å². The molecule has 2 amide bonds. The Morgan fingerprint density at radius 3 is 2.74 bits per heavy atom. The van der Waals surface area contributed by atoms with Crippen molar-refractivity contribution in [3.05, 3.63) is 63.7 Å². The first-order valence-corrected chi connectivity index (χ1v) is 8.15. The zero-order valence-electron chi connectivity index (χ0n) is 14.4. The number of carbonyl (C=O) groups is 2. The Balaban J connectivity index is 1.55. The summed E-state index contributed by atoms with van der Waals surface area (Å²) in [5.74, 6) is 0.326. The van der Waals surface area contributed by atoms with Gasteiger partial charge in [0, 0.05) is 24.2 Å². The molecule has 0 bridgehead atoms. The van der Waals surface area contributed by atoms with Crippen molar-refractivity contribution in [2.45, 2.75) is 19.5 Å². The molecule has 0 saturated heterocycles. The smallest absolute Gasteiger partial charge is 0.270 e. The van der Waals surface area contributed by atoms with Crippen LogP contribution in [0.5, 0.6) is 11.5 Å². The second-order valence-corrected chi connectivity index (χ2v) is 5.91. The van der Waals surface area contributed by atoms with Crippen LogP contribution >= 0.6 is 0 Å². The summed E-state index contributed by atoms with van der Waals surface area (Å²) in [5, 5.41) is 16.0. The van der Waals surface area contributed by atoms with Gasteiger partial charge in [-0.2, -0.15) is 0 Å². The molecule has 0 radical (unpaired) electrons. The number of carbonyl (C=O) groups excluding carboxylic acids is 2. The molecule has 0 spiro atoms. The number of ether oxygens (including phenoxy) is 2. The minimum Gasteiger partial charge on any atom is -0.454 e. The van der Waals surface area contributed by atoms with Gasteiger partial charge >= 0.3 is 0 Å². The van der Waals surface area contributed by atoms with Crippen molar-refractivity contribution in [1.29, 1.82) is 0 Å². The highest BCUT2D eigenvalue weighted by atomic mass is 16.7. The number of amides is 2. The normalized spacial score (nSPS) is 12.9. The van der Waals surface area contributed by atoms with Crippen LogP contribution in [-0.2, 0) is 11.3 Å². The summed E-state index contributed by atoms with van der Waals surface area (Å²) < 4.78 is 10.5. The maximum Gasteiger partial charge on any atom is 0.270 e. The Labute approximate surface area is 154 Å². The average Bonchev–Trinajstić information content (AvgIpc) is 3.13. The van der Waals surface area contributed by atoms with Gasteiger partial charge in [0.25, 0.3) is 11.6 Å². The number of fused-ring (bicyclic) bond motifs is 1. The predicted molar refractivity (Wildman–Crippen MR) is 94.4 cm³/mol. The molecule has 1 aliphatic rings. The van der Waals surface area contributed by atoms with Gasteiger partial charge in [-0.05, 0) is 30.7 Å². The van der Waals surface area contributed by atoms with Crippen molar-refractivity contribution in [1.82, 2.24) is 10.6 Å². The number of nitrogens with zero attached hydrogens (tertiary/aromatic N) is 1. The quantitative estimate of drug-likeness (QED) is 0.590. The van der Waals surface area contributed by atoms with Gasteiger partial charge in [-0.15, -0.1) is 0 Å². The molecule has 0 saturated carbocycles. The van der Waals surface area contributed by atoms with Crippen LogP contribution in [0, 0.1) is 10.1 Å². The topological polar surface area (TPSA) is 120 Å². The van der Waals surface area contributed by atoms with Crippen LogP contribution < -0.4 is 20.1 Å². The molecule has 1 aliphatic heterocycles. The standard InChI is InChI=1S/C18H17N3O6/c1-11(20-18(23)13-3-2-4-14(8-13)21(24)25)17(22)19-9-12-5-6-15-16(7-12)27-10-26-15/h2-8,11H,9-10H2,1H3,(H,19,22)(H,20,23)/t11-/m0/s1. The van der Waals surface area contributed by atoms with E-state index in [1.54, 1.807) is 18.2 Å². The third kappa shape index (κ3) is 4.32. The summed E-state index contributed by atoms with van der Waals surface area (Å²) >= 11 is 0. The van der Waals surface area contributed by atoms with Gasteiger partial charge in [0.05, 0.1) is 4.92 Å². The van der Waals surface area contributed by atoms with E-state index in [-0.39, 0.29) is 30.5 Å². The summed E-state index contributed by atoms with van der Waals surface area (Å²) in [6.07, 6.45) is 0. The summed E-state index contributed by atoms with van der Waals surface area (Å²) in [4.78, 5) is 34.6. The minimum atomic E-state index is -0.814. The van der Waals surface area contributed by atoms with Gasteiger partial charge in [-0.25, -0.2) is 0 Å². The molecule has 2 aromatic carbocycles. The van der Waals surface area contributed by atoms with E-state index in [1.807, 2.05) is 0 Å². The lowest BCUT2D eigenvalue weighted by Crippen LogP contribution is -2.44. The monoisotopic (exact) mass is 371 g/mol. The van der Waals surface area contributed by atoms with Gasteiger partial charge < -0.3 is 20.1 Å². The molecular weight excluding hydrogens is 354 g/mol. The van der Waals surface area contributed by atoms with Crippen molar-refractivity contribution in [3.8, 4) is 11.5 Å². The lowest BCUT2D eigenvalue weighted by molar-refractivity contribution is -0.384. The maximum atomic E-state index is 12.2. The number of non-ortho nitro benzene ring substituents is 1. The van der Waals surface area contributed by atoms with E-state index < -0.39 is 16.9 Å².